The average Bonchev–Trinajstić information content (AvgIpc) is 2.85. The monoisotopic (exact) mass is 254 g/mol. The Balaban J connectivity index is 1.96. The van der Waals surface area contributed by atoms with E-state index in [0.717, 1.165) is 12.8 Å². The van der Waals surface area contributed by atoms with Gasteiger partial charge in [-0.25, -0.2) is 0 Å². The number of nitrogens with two attached hydrogens (primary N) is 1. The highest BCUT2D eigenvalue weighted by atomic mass is 32.2. The third kappa shape index (κ3) is 2.74. The number of thioether (sulfide) groups is 1. The van der Waals surface area contributed by atoms with Gasteiger partial charge in [-0.2, -0.15) is 16.9 Å². The van der Waals surface area contributed by atoms with E-state index >= 15 is 0 Å². The zero-order valence-electron chi connectivity index (χ0n) is 10.1. The predicted octanol–water partition coefficient (Wildman–Crippen LogP) is 1.02. The molecular formula is C11H18N4OS. The minimum absolute atomic E-state index is 0.158. The van der Waals surface area contributed by atoms with Gasteiger partial charge < -0.3 is 11.1 Å². The van der Waals surface area contributed by atoms with E-state index in [1.807, 2.05) is 11.8 Å². The van der Waals surface area contributed by atoms with E-state index in [0.29, 0.717) is 16.6 Å². The molecule has 0 spiro atoms. The van der Waals surface area contributed by atoms with Crippen LogP contribution in [0.4, 0.5) is 5.69 Å². The highest BCUT2D eigenvalue weighted by Crippen LogP contribution is 2.28. The molecule has 1 aliphatic rings. The molecule has 94 valence electrons. The minimum Gasteiger partial charge on any atom is -0.396 e. The van der Waals surface area contributed by atoms with E-state index in [1.54, 1.807) is 17.9 Å². The van der Waals surface area contributed by atoms with E-state index in [4.69, 9.17) is 5.73 Å². The Kier molecular flexibility index (Phi) is 3.61. The summed E-state index contributed by atoms with van der Waals surface area (Å²) in [5.74, 6) is -0.158. The number of carbonyl (C=O) groups excluding carboxylic acids is 1. The number of nitrogen functional groups attached to an aromatic ring is 1. The molecule has 1 saturated carbocycles. The topological polar surface area (TPSA) is 72.9 Å². The van der Waals surface area contributed by atoms with Crippen molar-refractivity contribution in [3.05, 3.63) is 11.9 Å². The van der Waals surface area contributed by atoms with Crippen molar-refractivity contribution in [2.24, 2.45) is 7.05 Å². The number of nitrogens with zero attached hydrogens (tertiary/aromatic N) is 2. The van der Waals surface area contributed by atoms with Crippen molar-refractivity contribution in [2.45, 2.75) is 30.6 Å². The molecule has 0 bridgehead atoms. The van der Waals surface area contributed by atoms with Crippen LogP contribution in [0.2, 0.25) is 0 Å². The summed E-state index contributed by atoms with van der Waals surface area (Å²) in [6.07, 6.45) is 7.02. The van der Waals surface area contributed by atoms with Crippen LogP contribution in [0, 0.1) is 0 Å². The van der Waals surface area contributed by atoms with Crippen LogP contribution < -0.4 is 11.1 Å². The van der Waals surface area contributed by atoms with Crippen LogP contribution >= 0.6 is 11.8 Å². The number of aryl methyl sites for hydroxylation is 1. The lowest BCUT2D eigenvalue weighted by atomic mass is 10.2. The fraction of sp³-hybridized carbons (Fsp3) is 0.636. The molecule has 2 rings (SSSR count). The smallest absolute Gasteiger partial charge is 0.274 e. The second kappa shape index (κ2) is 5.00. The van der Waals surface area contributed by atoms with E-state index in [9.17, 15) is 4.79 Å². The summed E-state index contributed by atoms with van der Waals surface area (Å²) in [6, 6.07) is 0.265. The summed E-state index contributed by atoms with van der Waals surface area (Å²) in [7, 11) is 1.76. The van der Waals surface area contributed by atoms with Gasteiger partial charge in [-0.1, -0.05) is 0 Å². The zero-order chi connectivity index (χ0) is 12.4. The number of rotatable bonds is 3. The van der Waals surface area contributed by atoms with E-state index in [-0.39, 0.29) is 11.9 Å². The van der Waals surface area contributed by atoms with Crippen molar-refractivity contribution in [1.82, 2.24) is 15.1 Å². The normalized spacial score (nSPS) is 23.9. The Morgan fingerprint density at radius 3 is 2.94 bits per heavy atom. The first kappa shape index (κ1) is 12.3. The molecule has 0 aromatic carbocycles. The molecule has 1 heterocycles. The number of hydrogen-bond acceptors (Lipinski definition) is 4. The standard InChI is InChI=1S/C11H18N4OS/c1-15-6-9(12)10(14-15)11(16)13-7-3-4-8(5-7)17-2/h6-8H,3-5,12H2,1-2H3,(H,13,16). The van der Waals surface area contributed by atoms with Crippen molar-refractivity contribution in [3.8, 4) is 0 Å². The summed E-state index contributed by atoms with van der Waals surface area (Å²) in [4.78, 5) is 12.0. The van der Waals surface area contributed by atoms with Crippen LogP contribution in [0.25, 0.3) is 0 Å². The quantitative estimate of drug-likeness (QED) is 0.844. The molecular weight excluding hydrogens is 236 g/mol. The first-order chi connectivity index (χ1) is 8.10. The van der Waals surface area contributed by atoms with Gasteiger partial charge in [0.15, 0.2) is 5.69 Å². The maximum Gasteiger partial charge on any atom is 0.274 e. The van der Waals surface area contributed by atoms with Crippen LogP contribution in [-0.4, -0.2) is 33.2 Å². The van der Waals surface area contributed by atoms with Crippen molar-refractivity contribution in [3.63, 3.8) is 0 Å². The van der Waals surface area contributed by atoms with Crippen molar-refractivity contribution in [2.75, 3.05) is 12.0 Å². The Morgan fingerprint density at radius 1 is 1.65 bits per heavy atom. The van der Waals surface area contributed by atoms with Gasteiger partial charge in [0.25, 0.3) is 5.91 Å². The maximum atomic E-state index is 12.0. The summed E-state index contributed by atoms with van der Waals surface area (Å²) >= 11 is 1.87. The summed E-state index contributed by atoms with van der Waals surface area (Å²) in [5.41, 5.74) is 6.49. The van der Waals surface area contributed by atoms with Crippen LogP contribution in [0.5, 0.6) is 0 Å². The second-order valence-corrected chi connectivity index (χ2v) is 5.59. The molecule has 1 fully saturated rings. The van der Waals surface area contributed by atoms with Gasteiger partial charge in [-0.3, -0.25) is 9.48 Å². The predicted molar refractivity (Wildman–Crippen MR) is 70.0 cm³/mol. The van der Waals surface area contributed by atoms with Gasteiger partial charge in [-0.05, 0) is 25.5 Å². The van der Waals surface area contributed by atoms with Crippen LogP contribution in [0.3, 0.4) is 0 Å². The molecule has 17 heavy (non-hydrogen) atoms. The number of anilines is 1. The van der Waals surface area contributed by atoms with Crippen molar-refractivity contribution in [1.29, 1.82) is 0 Å². The maximum absolute atomic E-state index is 12.0. The highest BCUT2D eigenvalue weighted by Gasteiger charge is 2.26. The van der Waals surface area contributed by atoms with Gasteiger partial charge >= 0.3 is 0 Å². The molecule has 1 aromatic heterocycles. The van der Waals surface area contributed by atoms with E-state index in [2.05, 4.69) is 16.7 Å². The van der Waals surface area contributed by atoms with Crippen LogP contribution in [0.15, 0.2) is 6.20 Å². The summed E-state index contributed by atoms with van der Waals surface area (Å²) in [5, 5.41) is 7.74. The Hall–Kier alpha value is -1.17. The molecule has 0 radical (unpaired) electrons. The number of carbonyl (C=O) groups is 1. The van der Waals surface area contributed by atoms with Crippen LogP contribution in [0.1, 0.15) is 29.8 Å². The fourth-order valence-electron chi connectivity index (χ4n) is 2.22. The van der Waals surface area contributed by atoms with Gasteiger partial charge in [0.2, 0.25) is 0 Å². The fourth-order valence-corrected chi connectivity index (χ4v) is 3.02. The number of nitrogens with one attached hydrogen (secondary N) is 1. The SMILES string of the molecule is CSC1CCC(NC(=O)c2nn(C)cc2N)C1. The van der Waals surface area contributed by atoms with Gasteiger partial charge in [-0.15, -0.1) is 0 Å². The average molecular weight is 254 g/mol. The third-order valence-corrected chi connectivity index (χ3v) is 4.22. The Morgan fingerprint density at radius 2 is 2.41 bits per heavy atom. The molecule has 0 aliphatic heterocycles. The molecule has 1 amide bonds. The summed E-state index contributed by atoms with van der Waals surface area (Å²) in [6.45, 7) is 0. The minimum atomic E-state index is -0.158. The third-order valence-electron chi connectivity index (χ3n) is 3.13. The Labute approximate surface area is 105 Å². The molecule has 2 atom stereocenters. The molecule has 0 saturated heterocycles. The molecule has 3 N–H and O–H groups in total. The van der Waals surface area contributed by atoms with Gasteiger partial charge in [0, 0.05) is 24.5 Å². The molecule has 2 unspecified atom stereocenters. The number of aromatic nitrogens is 2. The molecule has 1 aromatic rings. The second-order valence-electron chi connectivity index (χ2n) is 4.45. The summed E-state index contributed by atoms with van der Waals surface area (Å²) < 4.78 is 1.56. The lowest BCUT2D eigenvalue weighted by Gasteiger charge is -2.11. The number of hydrogen-bond donors (Lipinski definition) is 2. The Bertz CT molecular complexity index is 418. The highest BCUT2D eigenvalue weighted by molar-refractivity contribution is 7.99. The molecule has 5 nitrogen and oxygen atoms in total. The first-order valence-electron chi connectivity index (χ1n) is 5.73. The van der Waals surface area contributed by atoms with Gasteiger partial charge in [0.05, 0.1) is 5.69 Å². The van der Waals surface area contributed by atoms with E-state index < -0.39 is 0 Å². The molecule has 1 aliphatic carbocycles. The van der Waals surface area contributed by atoms with E-state index in [1.165, 1.54) is 6.42 Å². The van der Waals surface area contributed by atoms with Gasteiger partial charge in [0.1, 0.15) is 0 Å². The van der Waals surface area contributed by atoms with Crippen LogP contribution in [-0.2, 0) is 7.05 Å². The lowest BCUT2D eigenvalue weighted by Crippen LogP contribution is -2.33. The largest absolute Gasteiger partial charge is 0.396 e. The number of amides is 1. The first-order valence-corrected chi connectivity index (χ1v) is 7.01. The molecule has 6 heteroatoms. The van der Waals surface area contributed by atoms with Crippen molar-refractivity contribution < 1.29 is 4.79 Å². The lowest BCUT2D eigenvalue weighted by molar-refractivity contribution is 0.0933. The zero-order valence-corrected chi connectivity index (χ0v) is 11.0. The van der Waals surface area contributed by atoms with Crippen molar-refractivity contribution >= 4 is 23.4 Å².